The first kappa shape index (κ1) is 16.0. The molecule has 0 heterocycles. The Balaban J connectivity index is 2.47. The molecule has 0 bridgehead atoms. The van der Waals surface area contributed by atoms with E-state index in [1.165, 1.54) is 6.07 Å². The third-order valence-corrected chi connectivity index (χ3v) is 3.73. The van der Waals surface area contributed by atoms with Crippen LogP contribution in [0.25, 0.3) is 0 Å². The molecule has 108 valence electrons. The Bertz CT molecular complexity index is 603. The second-order valence-corrected chi connectivity index (χ2v) is 6.07. The predicted octanol–water partition coefficient (Wildman–Crippen LogP) is 0.915. The number of nitrogens with zero attached hydrogens (tertiary/aromatic N) is 1. The summed E-state index contributed by atoms with van der Waals surface area (Å²) in [6, 6.07) is 8.35. The van der Waals surface area contributed by atoms with Gasteiger partial charge in [-0.15, -0.1) is 0 Å². The maximum atomic E-state index is 11.6. The van der Waals surface area contributed by atoms with E-state index in [0.29, 0.717) is 11.3 Å². The molecule has 1 aromatic rings. The summed E-state index contributed by atoms with van der Waals surface area (Å²) in [4.78, 5) is 11.1. The van der Waals surface area contributed by atoms with E-state index >= 15 is 0 Å². The third kappa shape index (κ3) is 5.71. The smallest absolute Gasteiger partial charge is 0.321 e. The highest BCUT2D eigenvalue weighted by Gasteiger charge is 2.17. The van der Waals surface area contributed by atoms with E-state index in [-0.39, 0.29) is 19.0 Å². The first-order chi connectivity index (χ1) is 9.46. The molecule has 0 saturated carbocycles. The van der Waals surface area contributed by atoms with Gasteiger partial charge in [-0.2, -0.15) is 5.26 Å². The Morgan fingerprint density at radius 2 is 2.15 bits per heavy atom. The molecule has 0 aliphatic heterocycles. The van der Waals surface area contributed by atoms with Crippen LogP contribution in [0.3, 0.4) is 0 Å². The van der Waals surface area contributed by atoms with Crippen molar-refractivity contribution >= 4 is 15.8 Å². The van der Waals surface area contributed by atoms with Crippen molar-refractivity contribution in [3.05, 3.63) is 29.8 Å². The number of carbonyl (C=O) groups is 1. The second kappa shape index (κ2) is 7.50. The largest absolute Gasteiger partial charge is 0.492 e. The summed E-state index contributed by atoms with van der Waals surface area (Å²) < 4.78 is 33.0. The van der Waals surface area contributed by atoms with Crippen molar-refractivity contribution in [2.75, 3.05) is 24.7 Å². The molecule has 1 aromatic carbocycles. The van der Waals surface area contributed by atoms with Crippen molar-refractivity contribution in [3.63, 3.8) is 0 Å². The van der Waals surface area contributed by atoms with Crippen LogP contribution < -0.4 is 4.74 Å². The fourth-order valence-corrected chi connectivity index (χ4v) is 2.32. The minimum Gasteiger partial charge on any atom is -0.492 e. The molecule has 0 aliphatic carbocycles. The lowest BCUT2D eigenvalue weighted by Crippen LogP contribution is -2.23. The van der Waals surface area contributed by atoms with E-state index in [1.807, 2.05) is 6.07 Å². The van der Waals surface area contributed by atoms with Crippen LogP contribution in [-0.4, -0.2) is 39.1 Å². The number of rotatable bonds is 7. The van der Waals surface area contributed by atoms with Crippen LogP contribution in [-0.2, 0) is 19.4 Å². The number of nitriles is 1. The van der Waals surface area contributed by atoms with Gasteiger partial charge in [0.05, 0.1) is 24.0 Å². The molecule has 0 saturated heterocycles. The van der Waals surface area contributed by atoms with Gasteiger partial charge in [-0.25, -0.2) is 8.42 Å². The Hall–Kier alpha value is -2.07. The lowest BCUT2D eigenvalue weighted by Gasteiger charge is -2.07. The van der Waals surface area contributed by atoms with Gasteiger partial charge in [0, 0.05) is 0 Å². The van der Waals surface area contributed by atoms with E-state index in [2.05, 4.69) is 4.74 Å². The third-order valence-electron chi connectivity index (χ3n) is 2.27. The van der Waals surface area contributed by atoms with Crippen LogP contribution in [0.5, 0.6) is 5.75 Å². The number of hydrogen-bond acceptors (Lipinski definition) is 6. The van der Waals surface area contributed by atoms with Crippen molar-refractivity contribution in [1.29, 1.82) is 5.26 Å². The summed E-state index contributed by atoms with van der Waals surface area (Å²) in [6.07, 6.45) is 0. The fraction of sp³-hybridized carbons (Fsp3) is 0.385. The minimum atomic E-state index is -3.55. The van der Waals surface area contributed by atoms with Gasteiger partial charge in [0.2, 0.25) is 0 Å². The SMILES string of the molecule is CCOC(=O)CS(=O)(=O)CCOc1cccc(C#N)c1. The minimum absolute atomic E-state index is 0.0867. The van der Waals surface area contributed by atoms with E-state index in [4.69, 9.17) is 10.00 Å². The van der Waals surface area contributed by atoms with Gasteiger partial charge in [-0.05, 0) is 25.1 Å². The molecule has 0 fully saturated rings. The van der Waals surface area contributed by atoms with Gasteiger partial charge in [-0.3, -0.25) is 4.79 Å². The molecule has 0 radical (unpaired) electrons. The number of hydrogen-bond donors (Lipinski definition) is 0. The van der Waals surface area contributed by atoms with Crippen molar-refractivity contribution in [2.24, 2.45) is 0 Å². The Morgan fingerprint density at radius 1 is 1.40 bits per heavy atom. The zero-order valence-corrected chi connectivity index (χ0v) is 11.9. The summed E-state index contributed by atoms with van der Waals surface area (Å²) >= 11 is 0. The van der Waals surface area contributed by atoms with Crippen LogP contribution in [0.15, 0.2) is 24.3 Å². The van der Waals surface area contributed by atoms with E-state index in [9.17, 15) is 13.2 Å². The van der Waals surface area contributed by atoms with Gasteiger partial charge in [-0.1, -0.05) is 6.07 Å². The second-order valence-electron chi connectivity index (χ2n) is 3.89. The Kier molecular flexibility index (Phi) is 6.00. The van der Waals surface area contributed by atoms with Crippen LogP contribution in [0, 0.1) is 11.3 Å². The summed E-state index contributed by atoms with van der Waals surface area (Å²) in [6.45, 7) is 1.66. The zero-order chi connectivity index (χ0) is 15.0. The maximum absolute atomic E-state index is 11.6. The fourth-order valence-electron chi connectivity index (χ4n) is 1.40. The number of benzene rings is 1. The molecular formula is C13H15NO5S. The average Bonchev–Trinajstić information content (AvgIpc) is 2.38. The molecule has 0 aromatic heterocycles. The van der Waals surface area contributed by atoms with Gasteiger partial charge in [0.25, 0.3) is 0 Å². The van der Waals surface area contributed by atoms with Crippen molar-refractivity contribution < 1.29 is 22.7 Å². The predicted molar refractivity (Wildman–Crippen MR) is 71.9 cm³/mol. The molecule has 0 spiro atoms. The molecular weight excluding hydrogens is 282 g/mol. The first-order valence-electron chi connectivity index (χ1n) is 5.96. The Morgan fingerprint density at radius 3 is 2.80 bits per heavy atom. The normalized spacial score (nSPS) is 10.6. The van der Waals surface area contributed by atoms with Crippen molar-refractivity contribution in [1.82, 2.24) is 0 Å². The zero-order valence-electron chi connectivity index (χ0n) is 11.0. The molecule has 20 heavy (non-hydrogen) atoms. The summed E-state index contributed by atoms with van der Waals surface area (Å²) in [7, 11) is -3.55. The van der Waals surface area contributed by atoms with Gasteiger partial charge >= 0.3 is 5.97 Å². The van der Waals surface area contributed by atoms with Crippen molar-refractivity contribution in [2.45, 2.75) is 6.92 Å². The molecule has 0 N–H and O–H groups in total. The van der Waals surface area contributed by atoms with E-state index in [0.717, 1.165) is 0 Å². The molecule has 0 amide bonds. The highest BCUT2D eigenvalue weighted by molar-refractivity contribution is 7.92. The van der Waals surface area contributed by atoms with Crippen LogP contribution in [0.4, 0.5) is 0 Å². The van der Waals surface area contributed by atoms with Gasteiger partial charge < -0.3 is 9.47 Å². The van der Waals surface area contributed by atoms with Gasteiger partial charge in [0.1, 0.15) is 18.1 Å². The number of carbonyl (C=O) groups excluding carboxylic acids is 1. The van der Waals surface area contributed by atoms with Crippen LogP contribution in [0.2, 0.25) is 0 Å². The van der Waals surface area contributed by atoms with Gasteiger partial charge in [0.15, 0.2) is 9.84 Å². The van der Waals surface area contributed by atoms with Crippen LogP contribution >= 0.6 is 0 Å². The van der Waals surface area contributed by atoms with E-state index < -0.39 is 21.6 Å². The standard InChI is InChI=1S/C13H15NO5S/c1-2-18-13(15)10-20(16,17)7-6-19-12-5-3-4-11(8-12)9-14/h3-5,8H,2,6-7,10H2,1H3. The van der Waals surface area contributed by atoms with Crippen LogP contribution in [0.1, 0.15) is 12.5 Å². The molecule has 0 unspecified atom stereocenters. The number of ether oxygens (including phenoxy) is 2. The topological polar surface area (TPSA) is 93.5 Å². The lowest BCUT2D eigenvalue weighted by atomic mass is 10.2. The molecule has 1 rings (SSSR count). The Labute approximate surface area is 117 Å². The lowest BCUT2D eigenvalue weighted by molar-refractivity contribution is -0.139. The molecule has 6 nitrogen and oxygen atoms in total. The maximum Gasteiger partial charge on any atom is 0.321 e. The van der Waals surface area contributed by atoms with Crippen molar-refractivity contribution in [3.8, 4) is 11.8 Å². The summed E-state index contributed by atoms with van der Waals surface area (Å²) in [5, 5.41) is 8.71. The molecule has 0 atom stereocenters. The molecule has 0 aliphatic rings. The highest BCUT2D eigenvalue weighted by Crippen LogP contribution is 2.12. The highest BCUT2D eigenvalue weighted by atomic mass is 32.2. The van der Waals surface area contributed by atoms with E-state index in [1.54, 1.807) is 25.1 Å². The first-order valence-corrected chi connectivity index (χ1v) is 7.78. The average molecular weight is 297 g/mol. The summed E-state index contributed by atoms with van der Waals surface area (Å²) in [5.41, 5.74) is 0.428. The number of sulfone groups is 1. The molecule has 7 heteroatoms. The summed E-state index contributed by atoms with van der Waals surface area (Å²) in [5.74, 6) is -1.29. The monoisotopic (exact) mass is 297 g/mol. The quantitative estimate of drug-likeness (QED) is 0.695. The number of esters is 1.